The fraction of sp³-hybridized carbons (Fsp3) is 0.667. The van der Waals surface area contributed by atoms with Gasteiger partial charge in [-0.1, -0.05) is 12.8 Å². The second kappa shape index (κ2) is 4.21. The molecule has 0 saturated carbocycles. The average molecular weight is 136 g/mol. The minimum Gasteiger partial charge on any atom is -0.362 e. The molecule has 0 amide bonds. The first-order valence-electron chi connectivity index (χ1n) is 1.99. The highest BCUT2D eigenvalue weighted by Gasteiger charge is 1.81. The number of rotatable bonds is 1. The van der Waals surface area contributed by atoms with Crippen LogP contribution in [0.5, 0.6) is 0 Å². The van der Waals surface area contributed by atoms with Gasteiger partial charge in [-0.3, -0.25) is 0 Å². The van der Waals surface area contributed by atoms with Crippen LogP contribution in [0.3, 0.4) is 0 Å². The molecule has 4 heteroatoms. The van der Waals surface area contributed by atoms with Crippen LogP contribution in [-0.4, -0.2) is 11.7 Å². The minimum atomic E-state index is 0.575. The van der Waals surface area contributed by atoms with E-state index < -0.39 is 0 Å². The first-order valence-corrected chi connectivity index (χ1v) is 2.84. The van der Waals surface area contributed by atoms with Gasteiger partial charge in [0.05, 0.1) is 0 Å². The molecule has 2 nitrogen and oxygen atoms in total. The lowest BCUT2D eigenvalue weighted by Gasteiger charge is -1.99. The van der Waals surface area contributed by atoms with Crippen molar-refractivity contribution < 1.29 is 0 Å². The summed E-state index contributed by atoms with van der Waals surface area (Å²) in [4.78, 5) is 0. The molecule has 0 rings (SSSR count). The standard InChI is InChI=1S/C3H8N2S2/c1-2-4-3(6)5-7/h7H,2H2,1H3,(H2,4,5,6). The van der Waals surface area contributed by atoms with Gasteiger partial charge in [-0.05, 0) is 19.1 Å². The lowest BCUT2D eigenvalue weighted by molar-refractivity contribution is 0.965. The Morgan fingerprint density at radius 3 is 2.57 bits per heavy atom. The van der Waals surface area contributed by atoms with Gasteiger partial charge in [0.1, 0.15) is 0 Å². The van der Waals surface area contributed by atoms with Crippen molar-refractivity contribution in [2.75, 3.05) is 6.54 Å². The number of hydrogen-bond donors (Lipinski definition) is 3. The zero-order valence-electron chi connectivity index (χ0n) is 4.06. The van der Waals surface area contributed by atoms with Crippen LogP contribution in [0.15, 0.2) is 0 Å². The zero-order chi connectivity index (χ0) is 5.70. The summed E-state index contributed by atoms with van der Waals surface area (Å²) in [7, 11) is 0. The third-order valence-corrected chi connectivity index (χ3v) is 1.06. The summed E-state index contributed by atoms with van der Waals surface area (Å²) >= 11 is 8.35. The van der Waals surface area contributed by atoms with Gasteiger partial charge in [0, 0.05) is 6.54 Å². The highest BCUT2D eigenvalue weighted by molar-refractivity contribution is 7.84. The quantitative estimate of drug-likeness (QED) is 0.357. The molecule has 0 aromatic heterocycles. The Labute approximate surface area is 54.2 Å². The Balaban J connectivity index is 3.00. The Bertz CT molecular complexity index is 64.0. The van der Waals surface area contributed by atoms with E-state index in [0.717, 1.165) is 6.54 Å². The molecular weight excluding hydrogens is 128 g/mol. The minimum absolute atomic E-state index is 0.575. The first kappa shape index (κ1) is 7.04. The Kier molecular flexibility index (Phi) is 4.23. The highest BCUT2D eigenvalue weighted by atomic mass is 32.1. The van der Waals surface area contributed by atoms with Crippen LogP contribution in [-0.2, 0) is 0 Å². The molecule has 0 aliphatic heterocycles. The van der Waals surface area contributed by atoms with Crippen LogP contribution in [0.1, 0.15) is 6.92 Å². The van der Waals surface area contributed by atoms with Crippen molar-refractivity contribution in [1.29, 1.82) is 0 Å². The van der Waals surface area contributed by atoms with Gasteiger partial charge in [-0.15, -0.1) is 0 Å². The van der Waals surface area contributed by atoms with Crippen molar-refractivity contribution in [3.05, 3.63) is 0 Å². The highest BCUT2D eigenvalue weighted by Crippen LogP contribution is 1.64. The maximum absolute atomic E-state index is 4.66. The van der Waals surface area contributed by atoms with E-state index in [0.29, 0.717) is 5.11 Å². The van der Waals surface area contributed by atoms with Gasteiger partial charge in [-0.2, -0.15) is 0 Å². The van der Waals surface area contributed by atoms with E-state index in [2.05, 4.69) is 35.1 Å². The zero-order valence-corrected chi connectivity index (χ0v) is 5.77. The molecular formula is C3H8N2S2. The van der Waals surface area contributed by atoms with Crippen LogP contribution in [0.2, 0.25) is 0 Å². The monoisotopic (exact) mass is 136 g/mol. The van der Waals surface area contributed by atoms with E-state index in [1.807, 2.05) is 6.92 Å². The number of hydrogen-bond acceptors (Lipinski definition) is 2. The molecule has 0 unspecified atom stereocenters. The van der Waals surface area contributed by atoms with Gasteiger partial charge < -0.3 is 10.0 Å². The van der Waals surface area contributed by atoms with Crippen LogP contribution in [0.4, 0.5) is 0 Å². The molecule has 0 aromatic rings. The van der Waals surface area contributed by atoms with Crippen LogP contribution in [0.25, 0.3) is 0 Å². The molecule has 0 heterocycles. The van der Waals surface area contributed by atoms with Gasteiger partial charge in [-0.25, -0.2) is 0 Å². The maximum atomic E-state index is 4.66. The van der Waals surface area contributed by atoms with E-state index in [-0.39, 0.29) is 0 Å². The molecule has 0 saturated heterocycles. The summed E-state index contributed by atoms with van der Waals surface area (Å²) in [6.07, 6.45) is 0. The molecule has 0 aliphatic rings. The van der Waals surface area contributed by atoms with Crippen LogP contribution < -0.4 is 10.0 Å². The molecule has 0 aromatic carbocycles. The van der Waals surface area contributed by atoms with Crippen molar-refractivity contribution >= 4 is 30.1 Å². The van der Waals surface area contributed by atoms with Crippen molar-refractivity contribution in [3.8, 4) is 0 Å². The van der Waals surface area contributed by atoms with E-state index in [9.17, 15) is 0 Å². The van der Waals surface area contributed by atoms with E-state index in [1.54, 1.807) is 0 Å². The maximum Gasteiger partial charge on any atom is 0.176 e. The van der Waals surface area contributed by atoms with Crippen LogP contribution >= 0.6 is 25.0 Å². The summed E-state index contributed by atoms with van der Waals surface area (Å²) in [6, 6.07) is 0. The summed E-state index contributed by atoms with van der Waals surface area (Å²) in [6.45, 7) is 2.81. The van der Waals surface area contributed by atoms with Crippen molar-refractivity contribution in [2.45, 2.75) is 6.92 Å². The summed E-state index contributed by atoms with van der Waals surface area (Å²) in [5.41, 5.74) is 0. The number of nitrogens with one attached hydrogen (secondary N) is 2. The Hall–Kier alpha value is 0.0400. The van der Waals surface area contributed by atoms with Crippen molar-refractivity contribution in [2.24, 2.45) is 0 Å². The molecule has 0 aliphatic carbocycles. The predicted molar refractivity (Wildman–Crippen MR) is 38.4 cm³/mol. The van der Waals surface area contributed by atoms with E-state index in [4.69, 9.17) is 0 Å². The molecule has 0 fully saturated rings. The molecule has 7 heavy (non-hydrogen) atoms. The fourth-order valence-electron chi connectivity index (χ4n) is 0.200. The molecule has 42 valence electrons. The van der Waals surface area contributed by atoms with Gasteiger partial charge >= 0.3 is 0 Å². The largest absolute Gasteiger partial charge is 0.362 e. The van der Waals surface area contributed by atoms with Gasteiger partial charge in [0.2, 0.25) is 0 Å². The normalized spacial score (nSPS) is 7.71. The number of thiol groups is 1. The molecule has 0 spiro atoms. The van der Waals surface area contributed by atoms with Gasteiger partial charge in [0.15, 0.2) is 5.11 Å². The second-order valence-corrected chi connectivity index (χ2v) is 1.60. The van der Waals surface area contributed by atoms with E-state index >= 15 is 0 Å². The third-order valence-electron chi connectivity index (χ3n) is 0.439. The Morgan fingerprint density at radius 1 is 1.86 bits per heavy atom. The average Bonchev–Trinajstić information content (AvgIpc) is 1.68. The SMILES string of the molecule is CCNC(=S)NS. The molecule has 2 N–H and O–H groups in total. The molecule has 0 bridgehead atoms. The second-order valence-electron chi connectivity index (χ2n) is 0.971. The Morgan fingerprint density at radius 2 is 2.43 bits per heavy atom. The fourth-order valence-corrected chi connectivity index (χ4v) is 0.423. The first-order chi connectivity index (χ1) is 3.31. The summed E-state index contributed by atoms with van der Waals surface area (Å²) < 4.78 is 2.48. The lowest BCUT2D eigenvalue weighted by atomic mass is 10.8. The van der Waals surface area contributed by atoms with E-state index in [1.165, 1.54) is 0 Å². The van der Waals surface area contributed by atoms with Crippen molar-refractivity contribution in [1.82, 2.24) is 10.0 Å². The van der Waals surface area contributed by atoms with Crippen molar-refractivity contribution in [3.63, 3.8) is 0 Å². The smallest absolute Gasteiger partial charge is 0.176 e. The predicted octanol–water partition coefficient (Wildman–Crippen LogP) is 0.315. The molecule has 0 atom stereocenters. The summed E-state index contributed by atoms with van der Waals surface area (Å²) in [5, 5.41) is 3.41. The number of thiocarbonyl (C=S) groups is 1. The lowest BCUT2D eigenvalue weighted by Crippen LogP contribution is -2.28. The van der Waals surface area contributed by atoms with Crippen LogP contribution in [0, 0.1) is 0 Å². The van der Waals surface area contributed by atoms with Gasteiger partial charge in [0.25, 0.3) is 0 Å². The molecule has 0 radical (unpaired) electrons. The summed E-state index contributed by atoms with van der Waals surface area (Å²) in [5.74, 6) is 0. The third kappa shape index (κ3) is 3.88. The topological polar surface area (TPSA) is 24.1 Å².